The molecule has 0 aliphatic heterocycles. The fourth-order valence-electron chi connectivity index (χ4n) is 1.18. The Morgan fingerprint density at radius 3 is 2.24 bits per heavy atom. The van der Waals surface area contributed by atoms with Gasteiger partial charge in [-0.05, 0) is 39.8 Å². The average Bonchev–Trinajstić information content (AvgIpc) is 2.37. The molecule has 8 heteroatoms. The molecule has 0 radical (unpaired) electrons. The highest BCUT2D eigenvalue weighted by molar-refractivity contribution is 7.97. The van der Waals surface area contributed by atoms with Gasteiger partial charge in [-0.15, -0.1) is 4.41 Å². The van der Waals surface area contributed by atoms with E-state index in [1.165, 1.54) is 0 Å². The van der Waals surface area contributed by atoms with Crippen LogP contribution >= 0.6 is 11.9 Å². The summed E-state index contributed by atoms with van der Waals surface area (Å²) in [7, 11) is 0. The van der Waals surface area contributed by atoms with Crippen LogP contribution in [0, 0.1) is 0 Å². The van der Waals surface area contributed by atoms with Crippen molar-refractivity contribution in [2.24, 2.45) is 0 Å². The molecular weight excluding hydrogens is 294 g/mol. The Morgan fingerprint density at radius 2 is 1.71 bits per heavy atom. The molecule has 0 saturated carbocycles. The first-order valence-electron chi connectivity index (χ1n) is 6.44. The molecule has 0 unspecified atom stereocenters. The van der Waals surface area contributed by atoms with Crippen molar-refractivity contribution in [2.45, 2.75) is 44.8 Å². The molecule has 0 aliphatic rings. The lowest BCUT2D eigenvalue weighted by Crippen LogP contribution is -2.43. The van der Waals surface area contributed by atoms with Crippen molar-refractivity contribution in [1.82, 2.24) is 14.8 Å². The van der Waals surface area contributed by atoms with Gasteiger partial charge in [0.15, 0.2) is 0 Å². The summed E-state index contributed by atoms with van der Waals surface area (Å²) in [5.74, 6) is 0. The molecule has 21 heavy (non-hydrogen) atoms. The van der Waals surface area contributed by atoms with E-state index in [1.54, 1.807) is 52.2 Å². The molecule has 0 aliphatic carbocycles. The van der Waals surface area contributed by atoms with E-state index >= 15 is 0 Å². The van der Waals surface area contributed by atoms with Gasteiger partial charge in [0.05, 0.1) is 12.2 Å². The number of nitrogens with zero attached hydrogens (tertiary/aromatic N) is 2. The third-order valence-electron chi connectivity index (χ3n) is 1.88. The monoisotopic (exact) mass is 313 g/mol. The minimum atomic E-state index is -0.729. The highest BCUT2D eigenvalue weighted by atomic mass is 32.2. The molecule has 0 spiro atoms. The molecule has 0 fully saturated rings. The van der Waals surface area contributed by atoms with Gasteiger partial charge in [0, 0.05) is 29.2 Å². The number of rotatable bonds is 4. The third-order valence-corrected chi connectivity index (χ3v) is 2.79. The summed E-state index contributed by atoms with van der Waals surface area (Å²) < 4.78 is 11.0. The number of carbonyl (C=O) groups is 2. The highest BCUT2D eigenvalue weighted by Gasteiger charge is 2.21. The van der Waals surface area contributed by atoms with E-state index in [0.29, 0.717) is 0 Å². The zero-order chi connectivity index (χ0) is 15.8. The number of aromatic nitrogens is 1. The number of pyridine rings is 1. The van der Waals surface area contributed by atoms with Crippen LogP contribution in [0.3, 0.4) is 0 Å². The summed E-state index contributed by atoms with van der Waals surface area (Å²) in [6.45, 7) is 6.87. The van der Waals surface area contributed by atoms with Gasteiger partial charge in [-0.25, -0.2) is 15.0 Å². The number of carbonyl (C=O) groups excluding carboxylic acids is 2. The maximum atomic E-state index is 12.0. The zero-order valence-electron chi connectivity index (χ0n) is 12.4. The van der Waals surface area contributed by atoms with Gasteiger partial charge in [0.1, 0.15) is 0 Å². The molecule has 1 aromatic rings. The van der Waals surface area contributed by atoms with Gasteiger partial charge in [0.25, 0.3) is 0 Å². The van der Waals surface area contributed by atoms with Crippen LogP contribution in [0.1, 0.15) is 27.7 Å². The summed E-state index contributed by atoms with van der Waals surface area (Å²) in [4.78, 5) is 28.2. The van der Waals surface area contributed by atoms with Crippen molar-refractivity contribution in [3.8, 4) is 0 Å². The molecule has 116 valence electrons. The number of amides is 2. The number of nitrogens with one attached hydrogen (secondary N) is 1. The second-order valence-corrected chi connectivity index (χ2v) is 5.59. The van der Waals surface area contributed by atoms with E-state index in [-0.39, 0.29) is 12.2 Å². The van der Waals surface area contributed by atoms with Gasteiger partial charge < -0.3 is 9.47 Å². The van der Waals surface area contributed by atoms with Gasteiger partial charge >= 0.3 is 12.2 Å². The Kier molecular flexibility index (Phi) is 6.80. The summed E-state index contributed by atoms with van der Waals surface area (Å²) in [6, 6.07) is 3.41. The lowest BCUT2D eigenvalue weighted by molar-refractivity contribution is 0.0743. The van der Waals surface area contributed by atoms with Crippen molar-refractivity contribution in [2.75, 3.05) is 0 Å². The standard InChI is InChI=1S/C13H19N3O4S/c1-9(2)19-12(17)15-16(13(18)20-10(3)4)21-11-5-7-14-8-6-11/h5-10H,1-4H3,(H,15,17). The quantitative estimate of drug-likeness (QED) is 0.680. The summed E-state index contributed by atoms with van der Waals surface area (Å²) in [6.07, 6.45) is 1.15. The largest absolute Gasteiger partial charge is 0.446 e. The first-order valence-corrected chi connectivity index (χ1v) is 7.22. The Balaban J connectivity index is 2.74. The fourth-order valence-corrected chi connectivity index (χ4v) is 1.88. The topological polar surface area (TPSA) is 80.8 Å². The number of hydrazine groups is 1. The van der Waals surface area contributed by atoms with Crippen LogP contribution < -0.4 is 5.43 Å². The van der Waals surface area contributed by atoms with Crippen molar-refractivity contribution in [1.29, 1.82) is 0 Å². The van der Waals surface area contributed by atoms with E-state index in [2.05, 4.69) is 10.4 Å². The fraction of sp³-hybridized carbons (Fsp3) is 0.462. The second-order valence-electron chi connectivity index (χ2n) is 4.57. The summed E-state index contributed by atoms with van der Waals surface area (Å²) in [5.41, 5.74) is 2.34. The lowest BCUT2D eigenvalue weighted by atomic mass is 10.5. The molecule has 2 amide bonds. The maximum absolute atomic E-state index is 12.0. The zero-order valence-corrected chi connectivity index (χ0v) is 13.2. The Labute approximate surface area is 128 Å². The number of hydrogen-bond donors (Lipinski definition) is 1. The number of ether oxygens (including phenoxy) is 2. The molecule has 1 N–H and O–H groups in total. The molecule has 0 saturated heterocycles. The predicted octanol–water partition coefficient (Wildman–Crippen LogP) is 2.99. The summed E-state index contributed by atoms with van der Waals surface area (Å²) in [5, 5.41) is 0. The van der Waals surface area contributed by atoms with Gasteiger partial charge in [0.2, 0.25) is 0 Å². The average molecular weight is 313 g/mol. The normalized spacial score (nSPS) is 10.4. The van der Waals surface area contributed by atoms with Gasteiger partial charge in [-0.3, -0.25) is 4.98 Å². The maximum Gasteiger partial charge on any atom is 0.440 e. The van der Waals surface area contributed by atoms with Crippen molar-refractivity contribution in [3.63, 3.8) is 0 Å². The lowest BCUT2D eigenvalue weighted by Gasteiger charge is -2.22. The molecule has 7 nitrogen and oxygen atoms in total. The van der Waals surface area contributed by atoms with Gasteiger partial charge in [-0.1, -0.05) is 0 Å². The molecule has 1 heterocycles. The second kappa shape index (κ2) is 8.35. The molecule has 0 bridgehead atoms. The van der Waals surface area contributed by atoms with E-state index in [1.807, 2.05) is 0 Å². The molecule has 1 aromatic heterocycles. The first-order chi connectivity index (χ1) is 9.88. The summed E-state index contributed by atoms with van der Waals surface area (Å²) >= 11 is 1.00. The van der Waals surface area contributed by atoms with Crippen LogP contribution in [0.2, 0.25) is 0 Å². The van der Waals surface area contributed by atoms with Crippen molar-refractivity contribution in [3.05, 3.63) is 24.5 Å². The van der Waals surface area contributed by atoms with Crippen molar-refractivity contribution < 1.29 is 19.1 Å². The van der Waals surface area contributed by atoms with Crippen LogP contribution in [-0.2, 0) is 9.47 Å². The molecule has 1 rings (SSSR count). The Hall–Kier alpha value is -1.96. The van der Waals surface area contributed by atoms with Crippen LogP contribution in [0.5, 0.6) is 0 Å². The van der Waals surface area contributed by atoms with E-state index in [4.69, 9.17) is 9.47 Å². The van der Waals surface area contributed by atoms with Crippen LogP contribution in [0.15, 0.2) is 29.4 Å². The smallest absolute Gasteiger partial charge is 0.440 e. The first kappa shape index (κ1) is 17.1. The minimum Gasteiger partial charge on any atom is -0.446 e. The Morgan fingerprint density at radius 1 is 1.14 bits per heavy atom. The highest BCUT2D eigenvalue weighted by Crippen LogP contribution is 2.21. The van der Waals surface area contributed by atoms with E-state index in [9.17, 15) is 9.59 Å². The van der Waals surface area contributed by atoms with Crippen molar-refractivity contribution >= 4 is 24.1 Å². The Bertz CT molecular complexity index is 468. The molecular formula is C13H19N3O4S. The van der Waals surface area contributed by atoms with E-state index < -0.39 is 12.2 Å². The molecule has 0 atom stereocenters. The third kappa shape index (κ3) is 6.84. The van der Waals surface area contributed by atoms with Crippen LogP contribution in [0.25, 0.3) is 0 Å². The SMILES string of the molecule is CC(C)OC(=O)NN(Sc1ccncc1)C(=O)OC(C)C. The minimum absolute atomic E-state index is 0.293. The van der Waals surface area contributed by atoms with E-state index in [0.717, 1.165) is 21.3 Å². The predicted molar refractivity (Wildman–Crippen MR) is 78.3 cm³/mol. The van der Waals surface area contributed by atoms with Crippen LogP contribution in [-0.4, -0.2) is 33.8 Å². The van der Waals surface area contributed by atoms with Crippen LogP contribution in [0.4, 0.5) is 9.59 Å². The number of hydrogen-bond acceptors (Lipinski definition) is 6. The molecule has 0 aromatic carbocycles. The van der Waals surface area contributed by atoms with Gasteiger partial charge in [-0.2, -0.15) is 0 Å².